The Kier molecular flexibility index (Phi) is 4.65. The van der Waals surface area contributed by atoms with Crippen LogP contribution in [-0.2, 0) is 17.5 Å². The SMILES string of the molecule is O=C(NCc1cccc(C(F)(F)F)c1)[C@H]1CCCCN1. The van der Waals surface area contributed by atoms with Crippen molar-refractivity contribution in [3.8, 4) is 0 Å². The second kappa shape index (κ2) is 6.26. The van der Waals surface area contributed by atoms with Crippen molar-refractivity contribution in [3.63, 3.8) is 0 Å². The van der Waals surface area contributed by atoms with E-state index in [1.807, 2.05) is 0 Å². The van der Waals surface area contributed by atoms with E-state index in [2.05, 4.69) is 10.6 Å². The maximum absolute atomic E-state index is 12.6. The van der Waals surface area contributed by atoms with Crippen LogP contribution in [0.4, 0.5) is 13.2 Å². The van der Waals surface area contributed by atoms with E-state index >= 15 is 0 Å². The third kappa shape index (κ3) is 3.96. The molecule has 0 spiro atoms. The van der Waals surface area contributed by atoms with E-state index in [0.717, 1.165) is 37.9 Å². The number of carbonyl (C=O) groups is 1. The quantitative estimate of drug-likeness (QED) is 0.896. The average Bonchev–Trinajstić information content (AvgIpc) is 2.45. The van der Waals surface area contributed by atoms with Gasteiger partial charge in [0.15, 0.2) is 0 Å². The first-order chi connectivity index (χ1) is 9.47. The molecule has 1 heterocycles. The molecule has 1 aliphatic rings. The van der Waals surface area contributed by atoms with Gasteiger partial charge in [-0.15, -0.1) is 0 Å². The molecule has 20 heavy (non-hydrogen) atoms. The first kappa shape index (κ1) is 14.8. The molecule has 1 fully saturated rings. The maximum atomic E-state index is 12.6. The van der Waals surface area contributed by atoms with Crippen molar-refractivity contribution in [2.75, 3.05) is 6.54 Å². The van der Waals surface area contributed by atoms with Crippen LogP contribution >= 0.6 is 0 Å². The lowest BCUT2D eigenvalue weighted by Gasteiger charge is -2.22. The normalized spacial score (nSPS) is 19.6. The molecule has 0 radical (unpaired) electrons. The largest absolute Gasteiger partial charge is 0.416 e. The number of carbonyl (C=O) groups excluding carboxylic acids is 1. The Labute approximate surface area is 115 Å². The molecule has 0 aliphatic carbocycles. The van der Waals surface area contributed by atoms with Crippen LogP contribution in [0.2, 0.25) is 0 Å². The molecule has 1 atom stereocenters. The van der Waals surface area contributed by atoms with Gasteiger partial charge >= 0.3 is 6.18 Å². The number of halogens is 3. The number of hydrogen-bond donors (Lipinski definition) is 2. The fraction of sp³-hybridized carbons (Fsp3) is 0.500. The molecule has 0 unspecified atom stereocenters. The standard InChI is InChI=1S/C14H17F3N2O/c15-14(16,17)11-5-3-4-10(8-11)9-19-13(20)12-6-1-2-7-18-12/h3-5,8,12,18H,1-2,6-7,9H2,(H,19,20)/t12-/m1/s1. The first-order valence-corrected chi connectivity index (χ1v) is 6.64. The molecule has 2 N–H and O–H groups in total. The lowest BCUT2D eigenvalue weighted by molar-refractivity contribution is -0.137. The molecule has 2 rings (SSSR count). The molecule has 0 aromatic heterocycles. The first-order valence-electron chi connectivity index (χ1n) is 6.64. The predicted octanol–water partition coefficient (Wildman–Crippen LogP) is 2.46. The van der Waals surface area contributed by atoms with Gasteiger partial charge < -0.3 is 10.6 Å². The fourth-order valence-corrected chi connectivity index (χ4v) is 2.25. The molecule has 0 bridgehead atoms. The van der Waals surface area contributed by atoms with Gasteiger partial charge in [-0.2, -0.15) is 13.2 Å². The van der Waals surface area contributed by atoms with Crippen molar-refractivity contribution in [1.29, 1.82) is 0 Å². The minimum absolute atomic E-state index is 0.112. The van der Waals surface area contributed by atoms with Gasteiger partial charge in [0.25, 0.3) is 0 Å². The van der Waals surface area contributed by atoms with E-state index in [0.29, 0.717) is 5.56 Å². The number of hydrogen-bond acceptors (Lipinski definition) is 2. The molecule has 1 aromatic rings. The summed E-state index contributed by atoms with van der Waals surface area (Å²) in [6, 6.07) is 4.78. The second-order valence-corrected chi connectivity index (χ2v) is 4.92. The van der Waals surface area contributed by atoms with Gasteiger partial charge in [0.1, 0.15) is 0 Å². The van der Waals surface area contributed by atoms with E-state index in [1.165, 1.54) is 6.07 Å². The van der Waals surface area contributed by atoms with Crippen molar-refractivity contribution in [1.82, 2.24) is 10.6 Å². The highest BCUT2D eigenvalue weighted by Crippen LogP contribution is 2.29. The van der Waals surface area contributed by atoms with Gasteiger partial charge in [0.2, 0.25) is 5.91 Å². The van der Waals surface area contributed by atoms with Gasteiger partial charge in [-0.05, 0) is 37.1 Å². The molecule has 1 amide bonds. The second-order valence-electron chi connectivity index (χ2n) is 4.92. The Bertz CT molecular complexity index is 468. The highest BCUT2D eigenvalue weighted by molar-refractivity contribution is 5.81. The van der Waals surface area contributed by atoms with Crippen molar-refractivity contribution >= 4 is 5.91 Å². The minimum atomic E-state index is -4.36. The van der Waals surface area contributed by atoms with E-state index in [-0.39, 0.29) is 18.5 Å². The summed E-state index contributed by atoms with van der Waals surface area (Å²) in [4.78, 5) is 11.9. The lowest BCUT2D eigenvalue weighted by atomic mass is 10.0. The zero-order valence-electron chi connectivity index (χ0n) is 11.0. The molecule has 6 heteroatoms. The van der Waals surface area contributed by atoms with Crippen LogP contribution in [0.25, 0.3) is 0 Å². The monoisotopic (exact) mass is 286 g/mol. The number of amides is 1. The molecular formula is C14H17F3N2O. The Morgan fingerprint density at radius 2 is 2.15 bits per heavy atom. The van der Waals surface area contributed by atoms with Gasteiger partial charge in [-0.25, -0.2) is 0 Å². The fourth-order valence-electron chi connectivity index (χ4n) is 2.25. The topological polar surface area (TPSA) is 41.1 Å². The summed E-state index contributed by atoms with van der Waals surface area (Å²) in [6.07, 6.45) is -1.54. The molecular weight excluding hydrogens is 269 g/mol. The molecule has 1 aromatic carbocycles. The van der Waals surface area contributed by atoms with Crippen LogP contribution in [0.5, 0.6) is 0 Å². The summed E-state index contributed by atoms with van der Waals surface area (Å²) in [5, 5.41) is 5.78. The van der Waals surface area contributed by atoms with Crippen molar-refractivity contribution in [3.05, 3.63) is 35.4 Å². The van der Waals surface area contributed by atoms with Gasteiger partial charge in [-0.3, -0.25) is 4.79 Å². The lowest BCUT2D eigenvalue weighted by Crippen LogP contribution is -2.46. The number of alkyl halides is 3. The van der Waals surface area contributed by atoms with Crippen LogP contribution in [-0.4, -0.2) is 18.5 Å². The summed E-state index contributed by atoms with van der Waals surface area (Å²) in [7, 11) is 0. The zero-order chi connectivity index (χ0) is 14.6. The summed E-state index contributed by atoms with van der Waals surface area (Å²) < 4.78 is 37.7. The third-order valence-corrected chi connectivity index (χ3v) is 3.35. The van der Waals surface area contributed by atoms with Gasteiger partial charge in [0, 0.05) is 6.54 Å². The van der Waals surface area contributed by atoms with E-state index in [1.54, 1.807) is 6.07 Å². The number of nitrogens with one attached hydrogen (secondary N) is 2. The van der Waals surface area contributed by atoms with Crippen molar-refractivity contribution < 1.29 is 18.0 Å². The van der Waals surface area contributed by atoms with E-state index < -0.39 is 11.7 Å². The highest BCUT2D eigenvalue weighted by atomic mass is 19.4. The number of rotatable bonds is 3. The molecule has 1 saturated heterocycles. The smallest absolute Gasteiger partial charge is 0.351 e. The Morgan fingerprint density at radius 1 is 1.35 bits per heavy atom. The van der Waals surface area contributed by atoms with Gasteiger partial charge in [-0.1, -0.05) is 18.6 Å². The maximum Gasteiger partial charge on any atom is 0.416 e. The summed E-state index contributed by atoms with van der Waals surface area (Å²) in [5.74, 6) is -0.151. The zero-order valence-corrected chi connectivity index (χ0v) is 11.0. The van der Waals surface area contributed by atoms with Crippen LogP contribution in [0, 0.1) is 0 Å². The summed E-state index contributed by atoms with van der Waals surface area (Å²) in [6.45, 7) is 0.919. The third-order valence-electron chi connectivity index (χ3n) is 3.35. The van der Waals surface area contributed by atoms with Gasteiger partial charge in [0.05, 0.1) is 11.6 Å². The molecule has 110 valence electrons. The number of benzene rings is 1. The van der Waals surface area contributed by atoms with Crippen molar-refractivity contribution in [2.24, 2.45) is 0 Å². The summed E-state index contributed by atoms with van der Waals surface area (Å²) in [5.41, 5.74) is -0.246. The Morgan fingerprint density at radius 3 is 2.80 bits per heavy atom. The predicted molar refractivity (Wildman–Crippen MR) is 68.9 cm³/mol. The van der Waals surface area contributed by atoms with E-state index in [9.17, 15) is 18.0 Å². The highest BCUT2D eigenvalue weighted by Gasteiger charge is 2.30. The Balaban J connectivity index is 1.92. The minimum Gasteiger partial charge on any atom is -0.351 e. The number of piperidine rings is 1. The van der Waals surface area contributed by atoms with Crippen molar-refractivity contribution in [2.45, 2.75) is 38.0 Å². The van der Waals surface area contributed by atoms with Crippen LogP contribution in [0.1, 0.15) is 30.4 Å². The van der Waals surface area contributed by atoms with Crippen LogP contribution in [0.3, 0.4) is 0 Å². The molecule has 1 aliphatic heterocycles. The molecule has 0 saturated carbocycles. The average molecular weight is 286 g/mol. The van der Waals surface area contributed by atoms with E-state index in [4.69, 9.17) is 0 Å². The van der Waals surface area contributed by atoms with Crippen LogP contribution < -0.4 is 10.6 Å². The summed E-state index contributed by atoms with van der Waals surface area (Å²) >= 11 is 0. The Hall–Kier alpha value is -1.56. The van der Waals surface area contributed by atoms with Crippen LogP contribution in [0.15, 0.2) is 24.3 Å². The molecule has 3 nitrogen and oxygen atoms in total.